The average Bonchev–Trinajstić information content (AvgIpc) is 2.38. The first-order valence-electron chi connectivity index (χ1n) is 6.29. The molecular formula is C14H18ClF2NO. The maximum Gasteiger partial charge on any atom is 0.226 e. The first kappa shape index (κ1) is 15.9. The van der Waals surface area contributed by atoms with Gasteiger partial charge in [0.2, 0.25) is 5.91 Å². The van der Waals surface area contributed by atoms with Crippen LogP contribution >= 0.6 is 11.6 Å². The van der Waals surface area contributed by atoms with Crippen molar-refractivity contribution in [3.05, 3.63) is 35.4 Å². The number of benzene rings is 1. The maximum atomic E-state index is 13.4. The molecule has 0 saturated heterocycles. The number of likely N-dealkylation sites (N-methyl/N-ethyl adjacent to an activating group) is 1. The molecule has 0 aliphatic carbocycles. The summed E-state index contributed by atoms with van der Waals surface area (Å²) in [5.74, 6) is -1.03. The van der Waals surface area contributed by atoms with E-state index in [-0.39, 0.29) is 17.9 Å². The van der Waals surface area contributed by atoms with Crippen LogP contribution in [0.4, 0.5) is 8.78 Å². The van der Waals surface area contributed by atoms with Crippen molar-refractivity contribution in [2.75, 3.05) is 19.5 Å². The lowest BCUT2D eigenvalue weighted by Gasteiger charge is -2.17. The third-order valence-electron chi connectivity index (χ3n) is 2.94. The number of halogens is 3. The van der Waals surface area contributed by atoms with Gasteiger partial charge >= 0.3 is 0 Å². The molecule has 0 aliphatic rings. The van der Waals surface area contributed by atoms with E-state index in [2.05, 4.69) is 0 Å². The van der Waals surface area contributed by atoms with Crippen molar-refractivity contribution in [1.29, 1.82) is 0 Å². The summed E-state index contributed by atoms with van der Waals surface area (Å²) in [5, 5.41) is 0. The lowest BCUT2D eigenvalue weighted by Crippen LogP contribution is -2.29. The van der Waals surface area contributed by atoms with Gasteiger partial charge in [-0.2, -0.15) is 0 Å². The number of rotatable bonds is 7. The van der Waals surface area contributed by atoms with E-state index >= 15 is 0 Å². The van der Waals surface area contributed by atoms with Crippen LogP contribution in [-0.2, 0) is 11.2 Å². The molecule has 0 N–H and O–H groups in total. The van der Waals surface area contributed by atoms with E-state index in [0.29, 0.717) is 12.4 Å². The van der Waals surface area contributed by atoms with Crippen LogP contribution in [0.15, 0.2) is 18.2 Å². The van der Waals surface area contributed by atoms with Gasteiger partial charge in [-0.3, -0.25) is 4.79 Å². The Labute approximate surface area is 117 Å². The van der Waals surface area contributed by atoms with Crippen LogP contribution < -0.4 is 0 Å². The highest BCUT2D eigenvalue weighted by Gasteiger charge is 2.15. The molecule has 0 unspecified atom stereocenters. The molecule has 0 radical (unpaired) electrons. The molecule has 5 heteroatoms. The first-order chi connectivity index (χ1) is 9.06. The molecule has 1 aromatic carbocycles. The SMILES string of the molecule is CN(CCCCCCl)C(=O)Cc1c(F)cccc1F. The Morgan fingerprint density at radius 2 is 1.84 bits per heavy atom. The predicted molar refractivity (Wildman–Crippen MR) is 72.3 cm³/mol. The second kappa shape index (κ2) is 8.10. The molecule has 0 heterocycles. The van der Waals surface area contributed by atoms with Crippen molar-refractivity contribution in [3.8, 4) is 0 Å². The predicted octanol–water partition coefficient (Wildman–Crippen LogP) is 3.37. The van der Waals surface area contributed by atoms with Gasteiger partial charge in [0.25, 0.3) is 0 Å². The van der Waals surface area contributed by atoms with E-state index in [1.165, 1.54) is 11.0 Å². The molecule has 0 atom stereocenters. The van der Waals surface area contributed by atoms with Gasteiger partial charge in [0.1, 0.15) is 11.6 Å². The Balaban J connectivity index is 2.50. The van der Waals surface area contributed by atoms with Crippen LogP contribution in [0.5, 0.6) is 0 Å². The maximum absolute atomic E-state index is 13.4. The highest BCUT2D eigenvalue weighted by molar-refractivity contribution is 6.17. The monoisotopic (exact) mass is 289 g/mol. The number of carbonyl (C=O) groups is 1. The molecule has 2 nitrogen and oxygen atoms in total. The highest BCUT2D eigenvalue weighted by Crippen LogP contribution is 2.13. The Hall–Kier alpha value is -1.16. The van der Waals surface area contributed by atoms with Gasteiger partial charge in [-0.25, -0.2) is 8.78 Å². The zero-order valence-electron chi connectivity index (χ0n) is 11.0. The molecule has 0 saturated carbocycles. The molecule has 0 fully saturated rings. The number of alkyl halides is 1. The van der Waals surface area contributed by atoms with Crippen LogP contribution in [0, 0.1) is 11.6 Å². The van der Waals surface area contributed by atoms with E-state index in [9.17, 15) is 13.6 Å². The zero-order valence-corrected chi connectivity index (χ0v) is 11.7. The van der Waals surface area contributed by atoms with Crippen molar-refractivity contribution in [2.45, 2.75) is 25.7 Å². The summed E-state index contributed by atoms with van der Waals surface area (Å²) >= 11 is 5.56. The normalized spacial score (nSPS) is 10.5. The summed E-state index contributed by atoms with van der Waals surface area (Å²) < 4.78 is 26.8. The van der Waals surface area contributed by atoms with Crippen molar-refractivity contribution in [2.24, 2.45) is 0 Å². The largest absolute Gasteiger partial charge is 0.345 e. The number of unbranched alkanes of at least 4 members (excludes halogenated alkanes) is 2. The smallest absolute Gasteiger partial charge is 0.226 e. The number of nitrogens with zero attached hydrogens (tertiary/aromatic N) is 1. The van der Waals surface area contributed by atoms with Crippen LogP contribution in [0.2, 0.25) is 0 Å². The van der Waals surface area contributed by atoms with E-state index in [1.54, 1.807) is 7.05 Å². The fourth-order valence-corrected chi connectivity index (χ4v) is 1.92. The Kier molecular flexibility index (Phi) is 6.78. The van der Waals surface area contributed by atoms with E-state index in [4.69, 9.17) is 11.6 Å². The molecular weight excluding hydrogens is 272 g/mol. The standard InChI is InChI=1S/C14H18ClF2NO/c1-18(9-4-2-3-8-15)14(19)10-11-12(16)6-5-7-13(11)17/h5-7H,2-4,8-10H2,1H3. The minimum atomic E-state index is -0.677. The van der Waals surface area contributed by atoms with Crippen LogP contribution in [0.1, 0.15) is 24.8 Å². The second-order valence-electron chi connectivity index (χ2n) is 4.44. The van der Waals surface area contributed by atoms with Crippen LogP contribution in [-0.4, -0.2) is 30.3 Å². The van der Waals surface area contributed by atoms with E-state index in [0.717, 1.165) is 31.4 Å². The van der Waals surface area contributed by atoms with Crippen LogP contribution in [0.3, 0.4) is 0 Å². The molecule has 0 aliphatic heterocycles. The van der Waals surface area contributed by atoms with Crippen molar-refractivity contribution in [3.63, 3.8) is 0 Å². The van der Waals surface area contributed by atoms with Gasteiger partial charge in [-0.1, -0.05) is 12.5 Å². The number of carbonyl (C=O) groups excluding carboxylic acids is 1. The second-order valence-corrected chi connectivity index (χ2v) is 4.82. The average molecular weight is 290 g/mol. The zero-order chi connectivity index (χ0) is 14.3. The van der Waals surface area contributed by atoms with Crippen molar-refractivity contribution in [1.82, 2.24) is 4.90 Å². The quantitative estimate of drug-likeness (QED) is 0.557. The lowest BCUT2D eigenvalue weighted by atomic mass is 10.1. The number of amides is 1. The molecule has 1 amide bonds. The third-order valence-corrected chi connectivity index (χ3v) is 3.21. The van der Waals surface area contributed by atoms with Crippen molar-refractivity contribution >= 4 is 17.5 Å². The Morgan fingerprint density at radius 3 is 2.42 bits per heavy atom. The molecule has 1 rings (SSSR count). The number of hydrogen-bond acceptors (Lipinski definition) is 1. The third kappa shape index (κ3) is 5.15. The van der Waals surface area contributed by atoms with Gasteiger partial charge in [0.15, 0.2) is 0 Å². The van der Waals surface area contributed by atoms with Gasteiger partial charge < -0.3 is 4.90 Å². The number of hydrogen-bond donors (Lipinski definition) is 0. The topological polar surface area (TPSA) is 20.3 Å². The van der Waals surface area contributed by atoms with Gasteiger partial charge in [-0.05, 0) is 25.0 Å². The fourth-order valence-electron chi connectivity index (χ4n) is 1.73. The molecule has 106 valence electrons. The minimum absolute atomic E-state index is 0.167. The first-order valence-corrected chi connectivity index (χ1v) is 6.82. The highest BCUT2D eigenvalue weighted by atomic mass is 35.5. The van der Waals surface area contributed by atoms with Gasteiger partial charge in [0.05, 0.1) is 6.42 Å². The summed E-state index contributed by atoms with van der Waals surface area (Å²) in [5.41, 5.74) is -0.167. The Bertz CT molecular complexity index is 406. The Morgan fingerprint density at radius 1 is 1.21 bits per heavy atom. The fraction of sp³-hybridized carbons (Fsp3) is 0.500. The molecule has 19 heavy (non-hydrogen) atoms. The summed E-state index contributed by atoms with van der Waals surface area (Å²) in [6.07, 6.45) is 2.44. The van der Waals surface area contributed by atoms with Crippen molar-refractivity contribution < 1.29 is 13.6 Å². The summed E-state index contributed by atoms with van der Waals surface area (Å²) in [6, 6.07) is 3.60. The molecule has 0 bridgehead atoms. The van der Waals surface area contributed by atoms with Crippen LogP contribution in [0.25, 0.3) is 0 Å². The molecule has 0 spiro atoms. The summed E-state index contributed by atoms with van der Waals surface area (Å²) in [4.78, 5) is 13.3. The molecule has 1 aromatic rings. The van der Waals surface area contributed by atoms with E-state index < -0.39 is 11.6 Å². The summed E-state index contributed by atoms with van der Waals surface area (Å²) in [7, 11) is 1.64. The van der Waals surface area contributed by atoms with Gasteiger partial charge in [-0.15, -0.1) is 11.6 Å². The van der Waals surface area contributed by atoms with E-state index in [1.807, 2.05) is 0 Å². The minimum Gasteiger partial charge on any atom is -0.345 e. The molecule has 0 aromatic heterocycles. The summed E-state index contributed by atoms with van der Waals surface area (Å²) in [6.45, 7) is 0.575. The van der Waals surface area contributed by atoms with Gasteiger partial charge in [0, 0.05) is 25.0 Å². The lowest BCUT2D eigenvalue weighted by molar-refractivity contribution is -0.129.